The van der Waals surface area contributed by atoms with E-state index in [1.165, 1.54) is 0 Å². The van der Waals surface area contributed by atoms with Crippen LogP contribution in [0.4, 0.5) is 11.6 Å². The second-order valence-corrected chi connectivity index (χ2v) is 5.71. The van der Waals surface area contributed by atoms with Gasteiger partial charge in [-0.2, -0.15) is 5.21 Å². The summed E-state index contributed by atoms with van der Waals surface area (Å²) in [6.07, 6.45) is 8.47. The molecule has 27 heavy (non-hydrogen) atoms. The summed E-state index contributed by atoms with van der Waals surface area (Å²) in [6, 6.07) is 7.87. The number of hydrogen-bond donors (Lipinski definition) is 3. The Morgan fingerprint density at radius 3 is 2.56 bits per heavy atom. The van der Waals surface area contributed by atoms with Gasteiger partial charge in [-0.05, 0) is 35.0 Å². The second-order valence-electron chi connectivity index (χ2n) is 5.71. The molecule has 3 N–H and O–H groups in total. The van der Waals surface area contributed by atoms with Gasteiger partial charge < -0.3 is 10.3 Å². The minimum absolute atomic E-state index is 0.445. The predicted molar refractivity (Wildman–Crippen MR) is 97.8 cm³/mol. The molecule has 0 bridgehead atoms. The number of tetrazole rings is 1. The molecule has 0 fully saturated rings. The van der Waals surface area contributed by atoms with Crippen LogP contribution in [0.2, 0.25) is 0 Å². The van der Waals surface area contributed by atoms with E-state index >= 15 is 0 Å². The van der Waals surface area contributed by atoms with E-state index in [1.54, 1.807) is 31.1 Å². The Morgan fingerprint density at radius 1 is 0.926 bits per heavy atom. The number of aromatic amines is 2. The Hall–Kier alpha value is -4.21. The van der Waals surface area contributed by atoms with E-state index in [2.05, 4.69) is 50.9 Å². The van der Waals surface area contributed by atoms with Gasteiger partial charge in [0.05, 0.1) is 22.9 Å². The third kappa shape index (κ3) is 2.84. The summed E-state index contributed by atoms with van der Waals surface area (Å²) in [7, 11) is 0. The molecule has 0 unspecified atom stereocenters. The van der Waals surface area contributed by atoms with Gasteiger partial charge in [0.2, 0.25) is 11.8 Å². The van der Waals surface area contributed by atoms with Crippen molar-refractivity contribution in [1.29, 1.82) is 0 Å². The molecule has 130 valence electrons. The third-order valence-corrected chi connectivity index (χ3v) is 4.03. The Kier molecular flexibility index (Phi) is 3.50. The molecule has 1 aromatic carbocycles. The molecule has 0 radical (unpaired) electrons. The van der Waals surface area contributed by atoms with E-state index in [0.29, 0.717) is 17.3 Å². The van der Waals surface area contributed by atoms with Crippen molar-refractivity contribution >= 4 is 22.7 Å². The summed E-state index contributed by atoms with van der Waals surface area (Å²) in [4.78, 5) is 20.3. The first-order valence-electron chi connectivity index (χ1n) is 8.07. The molecule has 10 heteroatoms. The van der Waals surface area contributed by atoms with Gasteiger partial charge in [-0.25, -0.2) is 15.0 Å². The van der Waals surface area contributed by atoms with Crippen molar-refractivity contribution in [3.8, 4) is 22.5 Å². The van der Waals surface area contributed by atoms with Crippen LogP contribution in [0.5, 0.6) is 0 Å². The van der Waals surface area contributed by atoms with Crippen LogP contribution >= 0.6 is 0 Å². The topological polar surface area (TPSA) is 134 Å². The highest BCUT2D eigenvalue weighted by Crippen LogP contribution is 2.30. The van der Waals surface area contributed by atoms with Crippen LogP contribution in [0.1, 0.15) is 0 Å². The van der Waals surface area contributed by atoms with Crippen LogP contribution in [0.15, 0.2) is 55.4 Å². The Labute approximate surface area is 152 Å². The van der Waals surface area contributed by atoms with Crippen molar-refractivity contribution in [3.63, 3.8) is 0 Å². The lowest BCUT2D eigenvalue weighted by molar-refractivity contribution is 0.881. The molecular formula is C17H12N10. The number of benzene rings is 1. The maximum absolute atomic E-state index is 4.43. The molecule has 10 nitrogen and oxygen atoms in total. The zero-order valence-electron chi connectivity index (χ0n) is 13.8. The summed E-state index contributed by atoms with van der Waals surface area (Å²) in [5, 5.41) is 17.0. The first kappa shape index (κ1) is 15.1. The third-order valence-electron chi connectivity index (χ3n) is 4.03. The maximum atomic E-state index is 4.43. The summed E-state index contributed by atoms with van der Waals surface area (Å²) in [6.45, 7) is 0. The zero-order chi connectivity index (χ0) is 18.1. The molecule has 4 heterocycles. The molecule has 0 aliphatic carbocycles. The Morgan fingerprint density at radius 2 is 1.78 bits per heavy atom. The fourth-order valence-corrected chi connectivity index (χ4v) is 2.79. The smallest absolute Gasteiger partial charge is 0.227 e. The lowest BCUT2D eigenvalue weighted by atomic mass is 10.0. The number of hydrogen-bond acceptors (Lipinski definition) is 8. The number of anilines is 2. The monoisotopic (exact) mass is 356 g/mol. The first-order valence-corrected chi connectivity index (χ1v) is 8.07. The van der Waals surface area contributed by atoms with Crippen LogP contribution < -0.4 is 5.32 Å². The summed E-state index contributed by atoms with van der Waals surface area (Å²) < 4.78 is 0. The quantitative estimate of drug-likeness (QED) is 0.447. The van der Waals surface area contributed by atoms with Gasteiger partial charge in [0.25, 0.3) is 0 Å². The minimum Gasteiger partial charge on any atom is -0.345 e. The molecule has 0 saturated heterocycles. The predicted octanol–water partition coefficient (Wildman–Crippen LogP) is 2.34. The van der Waals surface area contributed by atoms with Crippen molar-refractivity contribution < 1.29 is 0 Å². The van der Waals surface area contributed by atoms with Gasteiger partial charge in [-0.1, -0.05) is 0 Å². The number of pyridine rings is 1. The SMILES string of the molecule is c1cc(-c2cc(Nc3ncc(-c4nn[nH]n4)cn3)cc3[nH]cnc23)ccn1. The number of nitrogens with zero attached hydrogens (tertiary/aromatic N) is 7. The van der Waals surface area contributed by atoms with Gasteiger partial charge in [0.15, 0.2) is 0 Å². The van der Waals surface area contributed by atoms with Crippen molar-refractivity contribution in [2.24, 2.45) is 0 Å². The van der Waals surface area contributed by atoms with Gasteiger partial charge in [0.1, 0.15) is 0 Å². The lowest BCUT2D eigenvalue weighted by Crippen LogP contribution is -1.98. The lowest BCUT2D eigenvalue weighted by Gasteiger charge is -2.09. The highest BCUT2D eigenvalue weighted by Gasteiger charge is 2.10. The van der Waals surface area contributed by atoms with E-state index in [-0.39, 0.29) is 0 Å². The fourth-order valence-electron chi connectivity index (χ4n) is 2.79. The van der Waals surface area contributed by atoms with E-state index in [4.69, 9.17) is 0 Å². The van der Waals surface area contributed by atoms with E-state index in [9.17, 15) is 0 Å². The Bertz CT molecular complexity index is 1180. The normalized spacial score (nSPS) is 11.0. The molecule has 0 saturated carbocycles. The van der Waals surface area contributed by atoms with Gasteiger partial charge in [0, 0.05) is 36.0 Å². The van der Waals surface area contributed by atoms with Crippen LogP contribution in [0.3, 0.4) is 0 Å². The number of H-pyrrole nitrogens is 2. The van der Waals surface area contributed by atoms with Crippen molar-refractivity contribution in [2.75, 3.05) is 5.32 Å². The van der Waals surface area contributed by atoms with Gasteiger partial charge in [-0.3, -0.25) is 4.98 Å². The van der Waals surface area contributed by atoms with Crippen LogP contribution in [-0.4, -0.2) is 45.5 Å². The molecule has 5 aromatic rings. The van der Waals surface area contributed by atoms with E-state index in [0.717, 1.165) is 27.8 Å². The number of aromatic nitrogens is 9. The highest BCUT2D eigenvalue weighted by atomic mass is 15.5. The van der Waals surface area contributed by atoms with Crippen molar-refractivity contribution in [1.82, 2.24) is 45.5 Å². The number of fused-ring (bicyclic) bond motifs is 1. The Balaban J connectivity index is 1.50. The first-order chi connectivity index (χ1) is 13.4. The maximum Gasteiger partial charge on any atom is 0.227 e. The van der Waals surface area contributed by atoms with E-state index < -0.39 is 0 Å². The number of nitrogens with one attached hydrogen (secondary N) is 3. The molecular weight excluding hydrogens is 344 g/mol. The van der Waals surface area contributed by atoms with Crippen LogP contribution in [-0.2, 0) is 0 Å². The molecule has 4 aromatic heterocycles. The summed E-state index contributed by atoms with van der Waals surface area (Å²) in [5.74, 6) is 0.905. The van der Waals surface area contributed by atoms with Gasteiger partial charge >= 0.3 is 0 Å². The van der Waals surface area contributed by atoms with E-state index in [1.807, 2.05) is 24.3 Å². The molecule has 0 aliphatic rings. The van der Waals surface area contributed by atoms with Crippen LogP contribution in [0, 0.1) is 0 Å². The summed E-state index contributed by atoms with van der Waals surface area (Å²) in [5.41, 5.74) is 5.33. The summed E-state index contributed by atoms with van der Waals surface area (Å²) >= 11 is 0. The number of rotatable bonds is 4. The zero-order valence-corrected chi connectivity index (χ0v) is 13.8. The highest BCUT2D eigenvalue weighted by molar-refractivity contribution is 5.95. The molecule has 0 aliphatic heterocycles. The largest absolute Gasteiger partial charge is 0.345 e. The van der Waals surface area contributed by atoms with Crippen LogP contribution in [0.25, 0.3) is 33.5 Å². The fraction of sp³-hybridized carbons (Fsp3) is 0. The average Bonchev–Trinajstić information content (AvgIpc) is 3.41. The molecule has 0 amide bonds. The van der Waals surface area contributed by atoms with Gasteiger partial charge in [-0.15, -0.1) is 10.2 Å². The molecule has 0 atom stereocenters. The molecule has 0 spiro atoms. The standard InChI is InChI=1S/C17H12N10/c1-3-18-4-2-10(1)13-5-12(6-14-15(13)22-9-21-14)23-17-19-7-11(8-20-17)16-24-26-27-25-16/h1-9H,(H,21,22)(H,19,20,23)(H,24,25,26,27). The van der Waals surface area contributed by atoms with Crippen molar-refractivity contribution in [3.05, 3.63) is 55.4 Å². The number of imidazole rings is 1. The average molecular weight is 356 g/mol. The minimum atomic E-state index is 0.445. The molecule has 5 rings (SSSR count). The second kappa shape index (κ2) is 6.26. The van der Waals surface area contributed by atoms with Crippen molar-refractivity contribution in [2.45, 2.75) is 0 Å².